The fourth-order valence-electron chi connectivity index (χ4n) is 2.98. The Labute approximate surface area is 140 Å². The van der Waals surface area contributed by atoms with E-state index in [4.69, 9.17) is 9.47 Å². The van der Waals surface area contributed by atoms with E-state index in [0.717, 1.165) is 11.3 Å². The molecule has 1 aromatic carbocycles. The van der Waals surface area contributed by atoms with E-state index in [0.29, 0.717) is 37.6 Å². The van der Waals surface area contributed by atoms with Gasteiger partial charge in [-0.05, 0) is 24.6 Å². The van der Waals surface area contributed by atoms with Crippen molar-refractivity contribution < 1.29 is 19.1 Å². The molecule has 0 aromatic heterocycles. The van der Waals surface area contributed by atoms with Crippen molar-refractivity contribution >= 4 is 11.9 Å². The molecule has 0 unspecified atom stereocenters. The van der Waals surface area contributed by atoms with E-state index in [1.54, 1.807) is 12.0 Å². The molecule has 1 atom stereocenters. The van der Waals surface area contributed by atoms with Gasteiger partial charge in [0.25, 0.3) is 5.91 Å². The summed E-state index contributed by atoms with van der Waals surface area (Å²) in [5, 5.41) is 5.58. The topological polar surface area (TPSA) is 79.9 Å². The van der Waals surface area contributed by atoms with E-state index in [9.17, 15) is 9.59 Å². The van der Waals surface area contributed by atoms with Gasteiger partial charge in [0.05, 0.1) is 37.1 Å². The summed E-state index contributed by atoms with van der Waals surface area (Å²) in [5.41, 5.74) is 2.11. The van der Waals surface area contributed by atoms with Crippen LogP contribution in [0.15, 0.2) is 35.5 Å². The quantitative estimate of drug-likeness (QED) is 0.820. The van der Waals surface area contributed by atoms with Gasteiger partial charge < -0.3 is 25.0 Å². The number of ether oxygens (including phenoxy) is 2. The normalized spacial score (nSPS) is 19.9. The molecular formula is C17H21N3O4. The lowest BCUT2D eigenvalue weighted by molar-refractivity contribution is -0.126. The highest BCUT2D eigenvalue weighted by Crippen LogP contribution is 2.33. The molecule has 0 fully saturated rings. The molecule has 0 bridgehead atoms. The number of amides is 3. The number of carbonyl (C=O) groups excluding carboxylic acids is 2. The van der Waals surface area contributed by atoms with Crippen LogP contribution >= 0.6 is 0 Å². The van der Waals surface area contributed by atoms with Gasteiger partial charge in [-0.15, -0.1) is 0 Å². The van der Waals surface area contributed by atoms with Crippen molar-refractivity contribution in [1.29, 1.82) is 0 Å². The van der Waals surface area contributed by atoms with E-state index < -0.39 is 6.04 Å². The zero-order valence-corrected chi connectivity index (χ0v) is 13.8. The summed E-state index contributed by atoms with van der Waals surface area (Å²) < 4.78 is 10.5. The van der Waals surface area contributed by atoms with Gasteiger partial charge in [-0.1, -0.05) is 12.1 Å². The highest BCUT2D eigenvalue weighted by molar-refractivity contribution is 6.01. The van der Waals surface area contributed by atoms with Gasteiger partial charge in [-0.25, -0.2) is 4.79 Å². The largest absolute Gasteiger partial charge is 0.494 e. The summed E-state index contributed by atoms with van der Waals surface area (Å²) in [6.45, 7) is 3.86. The second-order valence-corrected chi connectivity index (χ2v) is 5.65. The minimum Gasteiger partial charge on any atom is -0.494 e. The smallest absolute Gasteiger partial charge is 0.319 e. The Bertz CT molecular complexity index is 669. The Balaban J connectivity index is 1.85. The third-order valence-corrected chi connectivity index (χ3v) is 4.11. The highest BCUT2D eigenvalue weighted by Gasteiger charge is 2.40. The molecule has 128 valence electrons. The molecule has 0 spiro atoms. The molecule has 0 saturated heterocycles. The first-order chi connectivity index (χ1) is 11.6. The molecular weight excluding hydrogens is 310 g/mol. The SMILES string of the molecule is CCOc1ccc([C@H]2NC(=O)NC3=C2C(=O)N(CCOC)C3)cc1. The van der Waals surface area contributed by atoms with Crippen molar-refractivity contribution in [1.82, 2.24) is 15.5 Å². The maximum absolute atomic E-state index is 12.7. The van der Waals surface area contributed by atoms with Crippen LogP contribution in [0.5, 0.6) is 5.75 Å². The first-order valence-electron chi connectivity index (χ1n) is 7.95. The van der Waals surface area contributed by atoms with E-state index in [1.807, 2.05) is 31.2 Å². The first-order valence-corrected chi connectivity index (χ1v) is 7.95. The number of hydrogen-bond acceptors (Lipinski definition) is 4. The van der Waals surface area contributed by atoms with E-state index in [2.05, 4.69) is 10.6 Å². The monoisotopic (exact) mass is 331 g/mol. The van der Waals surface area contributed by atoms with E-state index in [1.165, 1.54) is 0 Å². The van der Waals surface area contributed by atoms with Gasteiger partial charge in [0.1, 0.15) is 5.75 Å². The molecule has 3 amide bonds. The van der Waals surface area contributed by atoms with E-state index in [-0.39, 0.29) is 11.9 Å². The molecule has 7 nitrogen and oxygen atoms in total. The summed E-state index contributed by atoms with van der Waals surface area (Å²) in [4.78, 5) is 26.3. The van der Waals surface area contributed by atoms with Gasteiger partial charge in [-0.2, -0.15) is 0 Å². The minimum atomic E-state index is -0.454. The zero-order valence-electron chi connectivity index (χ0n) is 13.8. The number of carbonyl (C=O) groups is 2. The fraction of sp³-hybridized carbons (Fsp3) is 0.412. The number of nitrogens with one attached hydrogen (secondary N) is 2. The lowest BCUT2D eigenvalue weighted by atomic mass is 9.96. The number of benzene rings is 1. The summed E-state index contributed by atoms with van der Waals surface area (Å²) in [6.07, 6.45) is 0. The fourth-order valence-corrected chi connectivity index (χ4v) is 2.98. The number of rotatable bonds is 6. The third kappa shape index (κ3) is 3.07. The molecule has 0 saturated carbocycles. The van der Waals surface area contributed by atoms with Crippen LogP contribution in [0, 0.1) is 0 Å². The summed E-state index contributed by atoms with van der Waals surface area (Å²) in [7, 11) is 1.60. The van der Waals surface area contributed by atoms with Gasteiger partial charge in [0.2, 0.25) is 0 Å². The van der Waals surface area contributed by atoms with E-state index >= 15 is 0 Å². The lowest BCUT2D eigenvalue weighted by Gasteiger charge is -2.25. The Morgan fingerprint density at radius 3 is 2.67 bits per heavy atom. The zero-order chi connectivity index (χ0) is 17.1. The van der Waals surface area contributed by atoms with Gasteiger partial charge in [-0.3, -0.25) is 4.79 Å². The number of urea groups is 1. The lowest BCUT2D eigenvalue weighted by Crippen LogP contribution is -2.44. The van der Waals surface area contributed by atoms with Crippen LogP contribution in [0.3, 0.4) is 0 Å². The van der Waals surface area contributed by atoms with Gasteiger partial charge in [0.15, 0.2) is 0 Å². The van der Waals surface area contributed by atoms with Crippen LogP contribution in [0.25, 0.3) is 0 Å². The van der Waals surface area contributed by atoms with Gasteiger partial charge >= 0.3 is 6.03 Å². The molecule has 1 aromatic rings. The Morgan fingerprint density at radius 1 is 1.25 bits per heavy atom. The van der Waals surface area contributed by atoms with Crippen LogP contribution in [-0.4, -0.2) is 50.3 Å². The van der Waals surface area contributed by atoms with Crippen molar-refractivity contribution in [3.8, 4) is 5.75 Å². The average molecular weight is 331 g/mol. The molecule has 3 rings (SSSR count). The second kappa shape index (κ2) is 6.92. The van der Waals surface area contributed by atoms with Crippen molar-refractivity contribution in [3.05, 3.63) is 41.1 Å². The molecule has 2 N–H and O–H groups in total. The number of hydrogen-bond donors (Lipinski definition) is 2. The standard InChI is InChI=1S/C17H21N3O4/c1-3-24-12-6-4-11(5-7-12)15-14-13(18-17(22)19-15)10-20(16(14)21)8-9-23-2/h4-7,15H,3,8-10H2,1-2H3,(H2,18,19,22)/t15-/m1/s1. The second-order valence-electron chi connectivity index (χ2n) is 5.65. The maximum Gasteiger partial charge on any atom is 0.319 e. The van der Waals surface area contributed by atoms with Crippen LogP contribution in [-0.2, 0) is 9.53 Å². The third-order valence-electron chi connectivity index (χ3n) is 4.11. The van der Waals surface area contributed by atoms with Crippen molar-refractivity contribution in [3.63, 3.8) is 0 Å². The Morgan fingerprint density at radius 2 is 2.00 bits per heavy atom. The number of methoxy groups -OCH3 is 1. The molecule has 2 aliphatic heterocycles. The van der Waals surface area contributed by atoms with Crippen LogP contribution in [0.4, 0.5) is 4.79 Å². The molecule has 0 radical (unpaired) electrons. The maximum atomic E-state index is 12.7. The van der Waals surface area contributed by atoms with Crippen LogP contribution < -0.4 is 15.4 Å². The predicted molar refractivity (Wildman–Crippen MR) is 87.5 cm³/mol. The molecule has 0 aliphatic carbocycles. The van der Waals surface area contributed by atoms with Crippen molar-refractivity contribution in [2.75, 3.05) is 33.4 Å². The molecule has 2 heterocycles. The minimum absolute atomic E-state index is 0.0755. The van der Waals surface area contributed by atoms with Crippen LogP contribution in [0.1, 0.15) is 18.5 Å². The molecule has 7 heteroatoms. The van der Waals surface area contributed by atoms with Crippen molar-refractivity contribution in [2.24, 2.45) is 0 Å². The highest BCUT2D eigenvalue weighted by atomic mass is 16.5. The summed E-state index contributed by atoms with van der Waals surface area (Å²) in [6, 6.07) is 6.68. The van der Waals surface area contributed by atoms with Crippen LogP contribution in [0.2, 0.25) is 0 Å². The Kier molecular flexibility index (Phi) is 4.71. The summed E-state index contributed by atoms with van der Waals surface area (Å²) >= 11 is 0. The van der Waals surface area contributed by atoms with Gasteiger partial charge in [0, 0.05) is 13.7 Å². The Hall–Kier alpha value is -2.54. The number of nitrogens with zero attached hydrogens (tertiary/aromatic N) is 1. The predicted octanol–water partition coefficient (Wildman–Crippen LogP) is 1.18. The van der Waals surface area contributed by atoms with Crippen molar-refractivity contribution in [2.45, 2.75) is 13.0 Å². The summed E-state index contributed by atoms with van der Waals surface area (Å²) in [5.74, 6) is 0.684. The average Bonchev–Trinajstić information content (AvgIpc) is 2.89. The molecule has 24 heavy (non-hydrogen) atoms. The molecule has 2 aliphatic rings. The first kappa shape index (κ1) is 16.3.